The van der Waals surface area contributed by atoms with E-state index in [4.69, 9.17) is 0 Å². The number of nitrogens with zero attached hydrogens (tertiary/aromatic N) is 1. The standard InChI is InChI=1S/C18H24N2OS/c1-18(2,3)15-5-7-16(8-6-15)19-17(21)12-20(4)11-14-9-10-22-13-14/h5-10,13H,11-12H2,1-4H3,(H,19,21). The maximum absolute atomic E-state index is 12.1. The van der Waals surface area contributed by atoms with Crippen molar-refractivity contribution in [3.63, 3.8) is 0 Å². The van der Waals surface area contributed by atoms with Gasteiger partial charge in [-0.25, -0.2) is 0 Å². The Morgan fingerprint density at radius 2 is 1.86 bits per heavy atom. The summed E-state index contributed by atoms with van der Waals surface area (Å²) in [5.74, 6) is 0.0150. The van der Waals surface area contributed by atoms with E-state index in [0.717, 1.165) is 12.2 Å². The number of carbonyl (C=O) groups is 1. The van der Waals surface area contributed by atoms with Crippen molar-refractivity contribution < 1.29 is 4.79 Å². The molecule has 1 aromatic carbocycles. The molecule has 0 spiro atoms. The molecule has 0 bridgehead atoms. The van der Waals surface area contributed by atoms with Crippen LogP contribution in [0.4, 0.5) is 5.69 Å². The van der Waals surface area contributed by atoms with Crippen LogP contribution in [0.2, 0.25) is 0 Å². The molecule has 4 heteroatoms. The zero-order valence-electron chi connectivity index (χ0n) is 13.7. The Balaban J connectivity index is 1.86. The fourth-order valence-corrected chi connectivity index (χ4v) is 2.91. The summed E-state index contributed by atoms with van der Waals surface area (Å²) in [5, 5.41) is 7.12. The molecule has 1 aromatic heterocycles. The molecule has 0 atom stereocenters. The van der Waals surface area contributed by atoms with Crippen LogP contribution < -0.4 is 5.32 Å². The van der Waals surface area contributed by atoms with E-state index in [1.165, 1.54) is 11.1 Å². The van der Waals surface area contributed by atoms with Gasteiger partial charge in [0.15, 0.2) is 0 Å². The number of carbonyl (C=O) groups excluding carboxylic acids is 1. The summed E-state index contributed by atoms with van der Waals surface area (Å²) in [4.78, 5) is 14.1. The number of thiophene rings is 1. The molecule has 0 fully saturated rings. The maximum atomic E-state index is 12.1. The minimum atomic E-state index is 0.0150. The Bertz CT molecular complexity index is 597. The quantitative estimate of drug-likeness (QED) is 0.900. The Morgan fingerprint density at radius 1 is 1.18 bits per heavy atom. The van der Waals surface area contributed by atoms with Gasteiger partial charge in [-0.1, -0.05) is 32.9 Å². The normalized spacial score (nSPS) is 11.7. The summed E-state index contributed by atoms with van der Waals surface area (Å²) in [5.41, 5.74) is 3.49. The molecule has 22 heavy (non-hydrogen) atoms. The molecule has 1 N–H and O–H groups in total. The third-order valence-corrected chi connectivity index (χ3v) is 4.21. The number of rotatable bonds is 5. The van der Waals surface area contributed by atoms with Crippen molar-refractivity contribution in [2.45, 2.75) is 32.7 Å². The Hall–Kier alpha value is -1.65. The van der Waals surface area contributed by atoms with E-state index < -0.39 is 0 Å². The third kappa shape index (κ3) is 4.97. The molecule has 1 heterocycles. The molecule has 0 aliphatic heterocycles. The largest absolute Gasteiger partial charge is 0.325 e. The van der Waals surface area contributed by atoms with Crippen LogP contribution >= 0.6 is 11.3 Å². The number of amides is 1. The topological polar surface area (TPSA) is 32.3 Å². The second kappa shape index (κ2) is 7.07. The summed E-state index contributed by atoms with van der Waals surface area (Å²) in [6.07, 6.45) is 0. The highest BCUT2D eigenvalue weighted by molar-refractivity contribution is 7.07. The summed E-state index contributed by atoms with van der Waals surface area (Å²) >= 11 is 1.68. The van der Waals surface area contributed by atoms with Crippen molar-refractivity contribution in [1.29, 1.82) is 0 Å². The lowest BCUT2D eigenvalue weighted by Crippen LogP contribution is -2.29. The molecule has 0 radical (unpaired) electrons. The first-order chi connectivity index (χ1) is 10.3. The zero-order valence-corrected chi connectivity index (χ0v) is 14.5. The van der Waals surface area contributed by atoms with Gasteiger partial charge in [-0.15, -0.1) is 0 Å². The lowest BCUT2D eigenvalue weighted by atomic mass is 9.87. The van der Waals surface area contributed by atoms with Gasteiger partial charge in [-0.3, -0.25) is 9.69 Å². The highest BCUT2D eigenvalue weighted by Crippen LogP contribution is 2.23. The predicted octanol–water partition coefficient (Wildman–Crippen LogP) is 4.12. The fourth-order valence-electron chi connectivity index (χ4n) is 2.25. The van der Waals surface area contributed by atoms with Crippen LogP contribution in [0, 0.1) is 0 Å². The number of likely N-dealkylation sites (N-methyl/N-ethyl adjacent to an activating group) is 1. The first-order valence-corrected chi connectivity index (χ1v) is 8.39. The molecule has 0 saturated heterocycles. The molecule has 118 valence electrons. The predicted molar refractivity (Wildman–Crippen MR) is 94.4 cm³/mol. The van der Waals surface area contributed by atoms with Crippen molar-refractivity contribution in [2.24, 2.45) is 0 Å². The Morgan fingerprint density at radius 3 is 2.41 bits per heavy atom. The lowest BCUT2D eigenvalue weighted by Gasteiger charge is -2.19. The summed E-state index contributed by atoms with van der Waals surface area (Å²) < 4.78 is 0. The van der Waals surface area contributed by atoms with Crippen LogP contribution in [0.15, 0.2) is 41.1 Å². The molecule has 1 amide bonds. The van der Waals surface area contributed by atoms with Crippen molar-refractivity contribution in [3.05, 3.63) is 52.2 Å². The van der Waals surface area contributed by atoms with Crippen LogP contribution in [-0.2, 0) is 16.8 Å². The summed E-state index contributed by atoms with van der Waals surface area (Å²) in [6, 6.07) is 10.2. The van der Waals surface area contributed by atoms with Gasteiger partial charge in [0, 0.05) is 12.2 Å². The number of benzene rings is 1. The average molecular weight is 316 g/mol. The third-order valence-electron chi connectivity index (χ3n) is 3.48. The summed E-state index contributed by atoms with van der Waals surface area (Å²) in [6.45, 7) is 7.72. The average Bonchev–Trinajstić information content (AvgIpc) is 2.90. The van der Waals surface area contributed by atoms with E-state index in [1.54, 1.807) is 11.3 Å². The minimum absolute atomic E-state index is 0.0150. The number of hydrogen-bond acceptors (Lipinski definition) is 3. The molecule has 0 aliphatic carbocycles. The highest BCUT2D eigenvalue weighted by atomic mass is 32.1. The van der Waals surface area contributed by atoms with Crippen molar-refractivity contribution in [3.8, 4) is 0 Å². The number of nitrogens with one attached hydrogen (secondary N) is 1. The molecule has 0 unspecified atom stereocenters. The Kier molecular flexibility index (Phi) is 5.37. The fraction of sp³-hybridized carbons (Fsp3) is 0.389. The van der Waals surface area contributed by atoms with Gasteiger partial charge in [0.25, 0.3) is 0 Å². The van der Waals surface area contributed by atoms with Crippen molar-refractivity contribution >= 4 is 22.9 Å². The monoisotopic (exact) mass is 316 g/mol. The molecule has 0 aliphatic rings. The maximum Gasteiger partial charge on any atom is 0.238 e. The van der Waals surface area contributed by atoms with Gasteiger partial charge < -0.3 is 5.32 Å². The zero-order chi connectivity index (χ0) is 16.2. The summed E-state index contributed by atoms with van der Waals surface area (Å²) in [7, 11) is 1.96. The number of anilines is 1. The van der Waals surface area contributed by atoms with Gasteiger partial charge in [0.1, 0.15) is 0 Å². The molecule has 3 nitrogen and oxygen atoms in total. The smallest absolute Gasteiger partial charge is 0.238 e. The van der Waals surface area contributed by atoms with Crippen LogP contribution in [0.5, 0.6) is 0 Å². The van der Waals surface area contributed by atoms with Gasteiger partial charge in [0.2, 0.25) is 5.91 Å². The van der Waals surface area contributed by atoms with Gasteiger partial charge in [0.05, 0.1) is 6.54 Å². The minimum Gasteiger partial charge on any atom is -0.325 e. The molecular formula is C18H24N2OS. The second-order valence-corrected chi connectivity index (χ2v) is 7.46. The SMILES string of the molecule is CN(CC(=O)Nc1ccc(C(C)(C)C)cc1)Cc1ccsc1. The van der Waals surface area contributed by atoms with Gasteiger partial charge in [-0.2, -0.15) is 11.3 Å². The Labute approximate surface area is 137 Å². The van der Waals surface area contributed by atoms with E-state index >= 15 is 0 Å². The molecule has 2 aromatic rings. The molecule has 2 rings (SSSR count). The van der Waals surface area contributed by atoms with Gasteiger partial charge >= 0.3 is 0 Å². The van der Waals surface area contributed by atoms with Crippen LogP contribution in [0.1, 0.15) is 31.9 Å². The van der Waals surface area contributed by atoms with Gasteiger partial charge in [-0.05, 0) is 52.5 Å². The van der Waals surface area contributed by atoms with E-state index in [2.05, 4.69) is 55.0 Å². The van der Waals surface area contributed by atoms with Crippen molar-refractivity contribution in [2.75, 3.05) is 18.9 Å². The first kappa shape index (κ1) is 16.7. The number of hydrogen-bond donors (Lipinski definition) is 1. The van der Waals surface area contributed by atoms with E-state index in [1.807, 2.05) is 24.1 Å². The van der Waals surface area contributed by atoms with Crippen molar-refractivity contribution in [1.82, 2.24) is 4.90 Å². The van der Waals surface area contributed by atoms with E-state index in [-0.39, 0.29) is 11.3 Å². The lowest BCUT2D eigenvalue weighted by molar-refractivity contribution is -0.117. The highest BCUT2D eigenvalue weighted by Gasteiger charge is 2.13. The second-order valence-electron chi connectivity index (χ2n) is 6.68. The molecule has 0 saturated carbocycles. The first-order valence-electron chi connectivity index (χ1n) is 7.44. The van der Waals surface area contributed by atoms with Crippen LogP contribution in [-0.4, -0.2) is 24.4 Å². The van der Waals surface area contributed by atoms with E-state index in [0.29, 0.717) is 6.54 Å². The van der Waals surface area contributed by atoms with Crippen LogP contribution in [0.3, 0.4) is 0 Å². The van der Waals surface area contributed by atoms with Crippen LogP contribution in [0.25, 0.3) is 0 Å². The van der Waals surface area contributed by atoms with E-state index in [9.17, 15) is 4.79 Å². The molecular weight excluding hydrogens is 292 g/mol.